The van der Waals surface area contributed by atoms with E-state index < -0.39 is 5.41 Å². The molecular formula is C33H30N2O3. The number of nitrogens with zero attached hydrogens (tertiary/aromatic N) is 2. The number of fused-ring (bicyclic) bond motifs is 1. The zero-order valence-corrected chi connectivity index (χ0v) is 22.3. The average Bonchev–Trinajstić information content (AvgIpc) is 3.13. The minimum Gasteiger partial charge on any atom is -0.507 e. The molecule has 5 rings (SSSR count). The van der Waals surface area contributed by atoms with Gasteiger partial charge in [0, 0.05) is 11.3 Å². The van der Waals surface area contributed by atoms with E-state index in [1.165, 1.54) is 0 Å². The number of anilines is 1. The van der Waals surface area contributed by atoms with Crippen molar-refractivity contribution in [3.63, 3.8) is 0 Å². The highest BCUT2D eigenvalue weighted by atomic mass is 16.3. The number of nitriles is 1. The molecule has 5 nitrogen and oxygen atoms in total. The second kappa shape index (κ2) is 9.08. The molecule has 0 unspecified atom stereocenters. The maximum Gasteiger partial charge on any atom is 0.247 e. The second-order valence-corrected chi connectivity index (χ2v) is 10.3. The number of phenols is 2. The van der Waals surface area contributed by atoms with E-state index in [1.54, 1.807) is 11.0 Å². The summed E-state index contributed by atoms with van der Waals surface area (Å²) in [6.07, 6.45) is 0. The summed E-state index contributed by atoms with van der Waals surface area (Å²) in [5.41, 5.74) is 6.94. The first-order chi connectivity index (χ1) is 18.1. The van der Waals surface area contributed by atoms with Crippen molar-refractivity contribution in [2.24, 2.45) is 0 Å². The van der Waals surface area contributed by atoms with Crippen LogP contribution in [0, 0.1) is 45.9 Å². The fourth-order valence-corrected chi connectivity index (χ4v) is 5.78. The molecule has 1 aliphatic heterocycles. The Bertz CT molecular complexity index is 1560. The van der Waals surface area contributed by atoms with Crippen molar-refractivity contribution in [1.82, 2.24) is 0 Å². The Morgan fingerprint density at radius 1 is 0.789 bits per heavy atom. The summed E-state index contributed by atoms with van der Waals surface area (Å²) in [7, 11) is 0. The van der Waals surface area contributed by atoms with Gasteiger partial charge in [-0.15, -0.1) is 0 Å². The van der Waals surface area contributed by atoms with E-state index in [0.29, 0.717) is 27.8 Å². The average molecular weight is 503 g/mol. The molecule has 1 heterocycles. The van der Waals surface area contributed by atoms with Gasteiger partial charge in [-0.05, 0) is 85.7 Å². The Hall–Kier alpha value is -4.56. The Morgan fingerprint density at radius 3 is 1.84 bits per heavy atom. The van der Waals surface area contributed by atoms with Gasteiger partial charge in [-0.2, -0.15) is 5.26 Å². The minimum atomic E-state index is -1.21. The number of aryl methyl sites for hydroxylation is 5. The highest BCUT2D eigenvalue weighted by Gasteiger charge is 2.54. The summed E-state index contributed by atoms with van der Waals surface area (Å²) < 4.78 is 0. The van der Waals surface area contributed by atoms with Gasteiger partial charge in [-0.3, -0.25) is 4.79 Å². The molecule has 1 amide bonds. The SMILES string of the molecule is Cc1ccc2c(c1)C(c1cc(C)c(O)c(C)c1)(c1cc(C)c(O)c(C)c1)C(=O)N2Cc1ccccc1C#N. The van der Waals surface area contributed by atoms with Crippen LogP contribution in [-0.2, 0) is 16.8 Å². The predicted molar refractivity (Wildman–Crippen MR) is 149 cm³/mol. The highest BCUT2D eigenvalue weighted by molar-refractivity contribution is 6.13. The highest BCUT2D eigenvalue weighted by Crippen LogP contribution is 2.52. The summed E-state index contributed by atoms with van der Waals surface area (Å²) in [5.74, 6) is 0.271. The second-order valence-electron chi connectivity index (χ2n) is 10.3. The van der Waals surface area contributed by atoms with Gasteiger partial charge < -0.3 is 15.1 Å². The Balaban J connectivity index is 1.87. The fourth-order valence-electron chi connectivity index (χ4n) is 5.78. The fraction of sp³-hybridized carbons (Fsp3) is 0.212. The van der Waals surface area contributed by atoms with E-state index in [9.17, 15) is 20.3 Å². The molecule has 5 heteroatoms. The van der Waals surface area contributed by atoms with Crippen LogP contribution in [0.4, 0.5) is 5.69 Å². The molecule has 0 radical (unpaired) electrons. The largest absolute Gasteiger partial charge is 0.507 e. The number of rotatable bonds is 4. The molecule has 0 fully saturated rings. The van der Waals surface area contributed by atoms with Crippen LogP contribution in [-0.4, -0.2) is 16.1 Å². The van der Waals surface area contributed by atoms with Crippen LogP contribution in [0.1, 0.15) is 55.6 Å². The molecular weight excluding hydrogens is 472 g/mol. The van der Waals surface area contributed by atoms with Crippen molar-refractivity contribution < 1.29 is 15.0 Å². The van der Waals surface area contributed by atoms with E-state index in [4.69, 9.17) is 0 Å². The van der Waals surface area contributed by atoms with Crippen molar-refractivity contribution in [1.29, 1.82) is 5.26 Å². The van der Waals surface area contributed by atoms with E-state index in [1.807, 2.05) is 89.2 Å². The van der Waals surface area contributed by atoms with Crippen LogP contribution in [0.25, 0.3) is 0 Å². The van der Waals surface area contributed by atoms with Crippen LogP contribution in [0.5, 0.6) is 11.5 Å². The van der Waals surface area contributed by atoms with Gasteiger partial charge >= 0.3 is 0 Å². The molecule has 38 heavy (non-hydrogen) atoms. The first-order valence-electron chi connectivity index (χ1n) is 12.6. The first kappa shape index (κ1) is 25.1. The smallest absolute Gasteiger partial charge is 0.247 e. The Labute approximate surface area is 223 Å². The molecule has 2 N–H and O–H groups in total. The molecule has 0 bridgehead atoms. The molecule has 0 saturated heterocycles. The number of benzene rings is 4. The summed E-state index contributed by atoms with van der Waals surface area (Å²) >= 11 is 0. The van der Waals surface area contributed by atoms with Crippen LogP contribution in [0.3, 0.4) is 0 Å². The lowest BCUT2D eigenvalue weighted by atomic mass is 9.68. The Kier molecular flexibility index (Phi) is 6.00. The molecule has 0 saturated carbocycles. The molecule has 0 atom stereocenters. The third-order valence-corrected chi connectivity index (χ3v) is 7.73. The van der Waals surface area contributed by atoms with Crippen molar-refractivity contribution in [3.8, 4) is 17.6 Å². The number of carbonyl (C=O) groups excluding carboxylic acids is 1. The molecule has 4 aromatic rings. The third kappa shape index (κ3) is 3.64. The normalized spacial score (nSPS) is 13.9. The summed E-state index contributed by atoms with van der Waals surface area (Å²) in [6, 6.07) is 23.1. The summed E-state index contributed by atoms with van der Waals surface area (Å²) in [4.78, 5) is 16.7. The zero-order valence-electron chi connectivity index (χ0n) is 22.3. The number of hydrogen-bond donors (Lipinski definition) is 2. The molecule has 0 spiro atoms. The van der Waals surface area contributed by atoms with Crippen LogP contribution < -0.4 is 4.90 Å². The minimum absolute atomic E-state index is 0.139. The molecule has 0 aliphatic carbocycles. The van der Waals surface area contributed by atoms with Gasteiger partial charge in [0.05, 0.1) is 18.2 Å². The standard InChI is InChI=1S/C33H30N2O3/c1-19-10-11-29-28(12-19)33(26-13-20(2)30(36)21(3)14-26,27-15-22(4)31(37)23(5)16-27)32(38)35(29)18-25-9-7-6-8-24(25)17-34/h6-16,36-37H,18H2,1-5H3. The number of hydrogen-bond acceptors (Lipinski definition) is 4. The molecule has 4 aromatic carbocycles. The van der Waals surface area contributed by atoms with Gasteiger partial charge in [0.25, 0.3) is 0 Å². The van der Waals surface area contributed by atoms with Crippen molar-refractivity contribution >= 4 is 11.6 Å². The maximum atomic E-state index is 14.9. The molecule has 0 aromatic heterocycles. The third-order valence-electron chi connectivity index (χ3n) is 7.73. The van der Waals surface area contributed by atoms with E-state index in [-0.39, 0.29) is 24.0 Å². The predicted octanol–water partition coefficient (Wildman–Crippen LogP) is 6.39. The van der Waals surface area contributed by atoms with Gasteiger partial charge in [-0.1, -0.05) is 60.2 Å². The van der Waals surface area contributed by atoms with Gasteiger partial charge in [0.15, 0.2) is 0 Å². The van der Waals surface area contributed by atoms with Gasteiger partial charge in [0.2, 0.25) is 5.91 Å². The first-order valence-corrected chi connectivity index (χ1v) is 12.6. The Morgan fingerprint density at radius 2 is 1.32 bits per heavy atom. The van der Waals surface area contributed by atoms with Crippen LogP contribution >= 0.6 is 0 Å². The lowest BCUT2D eigenvalue weighted by Gasteiger charge is -2.32. The number of aromatic hydroxyl groups is 2. The maximum absolute atomic E-state index is 14.9. The van der Waals surface area contributed by atoms with Gasteiger partial charge in [-0.25, -0.2) is 0 Å². The lowest BCUT2D eigenvalue weighted by Crippen LogP contribution is -2.42. The monoisotopic (exact) mass is 502 g/mol. The van der Waals surface area contributed by atoms with Gasteiger partial charge in [0.1, 0.15) is 16.9 Å². The zero-order chi connectivity index (χ0) is 27.4. The topological polar surface area (TPSA) is 84.6 Å². The van der Waals surface area contributed by atoms with Crippen molar-refractivity contribution in [2.45, 2.75) is 46.6 Å². The van der Waals surface area contributed by atoms with E-state index in [0.717, 1.165) is 33.5 Å². The quantitative estimate of drug-likeness (QED) is 0.339. The molecule has 190 valence electrons. The summed E-state index contributed by atoms with van der Waals surface area (Å²) in [5, 5.41) is 30.9. The molecule has 1 aliphatic rings. The van der Waals surface area contributed by atoms with Crippen molar-refractivity contribution in [2.75, 3.05) is 4.90 Å². The van der Waals surface area contributed by atoms with Crippen LogP contribution in [0.2, 0.25) is 0 Å². The van der Waals surface area contributed by atoms with E-state index >= 15 is 0 Å². The summed E-state index contributed by atoms with van der Waals surface area (Å²) in [6.45, 7) is 9.60. The van der Waals surface area contributed by atoms with Crippen molar-refractivity contribution in [3.05, 3.63) is 122 Å². The lowest BCUT2D eigenvalue weighted by molar-refractivity contribution is -0.120. The van der Waals surface area contributed by atoms with E-state index in [2.05, 4.69) is 12.1 Å². The number of amides is 1. The van der Waals surface area contributed by atoms with Crippen LogP contribution in [0.15, 0.2) is 66.7 Å². The number of carbonyl (C=O) groups is 1. The number of phenolic OH excluding ortho intramolecular Hbond substituents is 2.